The van der Waals surface area contributed by atoms with E-state index in [1.165, 1.54) is 13.4 Å². The largest absolute Gasteiger partial charge is 0.493 e. The van der Waals surface area contributed by atoms with Crippen molar-refractivity contribution >= 4 is 15.9 Å². The van der Waals surface area contributed by atoms with Crippen LogP contribution in [0.5, 0.6) is 11.5 Å². The Balaban J connectivity index is 1.99. The second-order valence-corrected chi connectivity index (χ2v) is 5.50. The van der Waals surface area contributed by atoms with Gasteiger partial charge in [-0.15, -0.1) is 0 Å². The number of hydrogen-bond donors (Lipinski definition) is 2. The van der Waals surface area contributed by atoms with E-state index in [9.17, 15) is 13.9 Å². The lowest BCUT2D eigenvalue weighted by Gasteiger charge is -2.14. The van der Waals surface area contributed by atoms with Gasteiger partial charge in [0.25, 0.3) is 0 Å². The minimum absolute atomic E-state index is 0.0538. The van der Waals surface area contributed by atoms with Crippen molar-refractivity contribution in [3.8, 4) is 11.5 Å². The molecule has 0 aliphatic rings. The highest BCUT2D eigenvalue weighted by Gasteiger charge is 2.16. The van der Waals surface area contributed by atoms with E-state index >= 15 is 0 Å². The maximum absolute atomic E-state index is 12.4. The van der Waals surface area contributed by atoms with E-state index in [4.69, 9.17) is 9.15 Å². The molecule has 2 rings (SSSR count). The predicted octanol–water partition coefficient (Wildman–Crippen LogP) is 3.48. The summed E-state index contributed by atoms with van der Waals surface area (Å²) in [6.07, 6.45) is 0.721. The molecule has 0 aliphatic heterocycles. The molecule has 1 atom stereocenters. The molecular formula is C15H16BrF2NO4. The number of ether oxygens (including phenoxy) is 2. The fraction of sp³-hybridized carbons (Fsp3) is 0.333. The molecule has 0 spiro atoms. The summed E-state index contributed by atoms with van der Waals surface area (Å²) in [5, 5.41) is 12.9. The van der Waals surface area contributed by atoms with E-state index in [-0.39, 0.29) is 18.0 Å². The second kappa shape index (κ2) is 8.28. The number of furan rings is 1. The molecule has 0 bridgehead atoms. The van der Waals surface area contributed by atoms with Crippen molar-refractivity contribution in [2.75, 3.05) is 13.7 Å². The maximum atomic E-state index is 12.4. The number of benzene rings is 1. The molecule has 8 heteroatoms. The number of alkyl halides is 2. The molecule has 126 valence electrons. The normalized spacial score (nSPS) is 12.4. The van der Waals surface area contributed by atoms with E-state index < -0.39 is 12.7 Å². The van der Waals surface area contributed by atoms with Gasteiger partial charge in [0.1, 0.15) is 11.9 Å². The molecular weight excluding hydrogens is 376 g/mol. The van der Waals surface area contributed by atoms with Crippen LogP contribution in [0, 0.1) is 0 Å². The second-order valence-electron chi connectivity index (χ2n) is 4.65. The lowest BCUT2D eigenvalue weighted by Crippen LogP contribution is -2.20. The lowest BCUT2D eigenvalue weighted by molar-refractivity contribution is -0.0517. The zero-order valence-electron chi connectivity index (χ0n) is 12.3. The maximum Gasteiger partial charge on any atom is 0.387 e. The summed E-state index contributed by atoms with van der Waals surface area (Å²) < 4.78 is 39.8. The van der Waals surface area contributed by atoms with Gasteiger partial charge in [-0.3, -0.25) is 0 Å². The summed E-state index contributed by atoms with van der Waals surface area (Å²) in [5.41, 5.74) is 0.780. The van der Waals surface area contributed by atoms with Gasteiger partial charge in [-0.1, -0.05) is 0 Å². The Bertz CT molecular complexity index is 622. The number of aliphatic hydroxyl groups excluding tert-OH is 1. The molecule has 0 aliphatic carbocycles. The van der Waals surface area contributed by atoms with Gasteiger partial charge in [0.2, 0.25) is 0 Å². The fourth-order valence-corrected chi connectivity index (χ4v) is 2.60. The summed E-state index contributed by atoms with van der Waals surface area (Å²) in [5.74, 6) is 0.613. The minimum Gasteiger partial charge on any atom is -0.493 e. The molecule has 5 nitrogen and oxygen atoms in total. The van der Waals surface area contributed by atoms with Crippen LogP contribution in [0.3, 0.4) is 0 Å². The molecule has 1 heterocycles. The van der Waals surface area contributed by atoms with Crippen LogP contribution in [0.15, 0.2) is 39.4 Å². The highest BCUT2D eigenvalue weighted by Crippen LogP contribution is 2.37. The van der Waals surface area contributed by atoms with Gasteiger partial charge >= 0.3 is 6.61 Å². The minimum atomic E-state index is -2.94. The summed E-state index contributed by atoms with van der Waals surface area (Å²) in [4.78, 5) is 0. The molecule has 1 unspecified atom stereocenters. The molecule has 1 aromatic heterocycles. The molecule has 0 saturated heterocycles. The monoisotopic (exact) mass is 391 g/mol. The molecule has 0 saturated carbocycles. The quantitative estimate of drug-likeness (QED) is 0.721. The van der Waals surface area contributed by atoms with Crippen molar-refractivity contribution in [3.63, 3.8) is 0 Å². The Hall–Kier alpha value is -1.64. The van der Waals surface area contributed by atoms with Crippen LogP contribution in [0.1, 0.15) is 17.4 Å². The van der Waals surface area contributed by atoms with E-state index in [0.29, 0.717) is 16.8 Å². The molecule has 0 radical (unpaired) electrons. The summed E-state index contributed by atoms with van der Waals surface area (Å²) in [6, 6.07) is 6.62. The molecule has 1 aromatic carbocycles. The average Bonchev–Trinajstić information content (AvgIpc) is 3.03. The summed E-state index contributed by atoms with van der Waals surface area (Å²) in [7, 11) is 1.37. The SMILES string of the molecule is COc1cc(CNCC(O)c2ccco2)cc(Br)c1OC(F)F. The molecule has 2 N–H and O–H groups in total. The zero-order chi connectivity index (χ0) is 16.8. The van der Waals surface area contributed by atoms with Crippen molar-refractivity contribution < 1.29 is 27.8 Å². The van der Waals surface area contributed by atoms with Crippen molar-refractivity contribution in [2.24, 2.45) is 0 Å². The van der Waals surface area contributed by atoms with Crippen molar-refractivity contribution in [1.29, 1.82) is 0 Å². The van der Waals surface area contributed by atoms with Crippen LogP contribution < -0.4 is 14.8 Å². The molecule has 0 fully saturated rings. The van der Waals surface area contributed by atoms with Crippen LogP contribution in [0.25, 0.3) is 0 Å². The topological polar surface area (TPSA) is 63.9 Å². The number of rotatable bonds is 8. The third-order valence-electron chi connectivity index (χ3n) is 3.03. The van der Waals surface area contributed by atoms with E-state index in [1.54, 1.807) is 24.3 Å². The third kappa shape index (κ3) is 4.92. The van der Waals surface area contributed by atoms with Crippen LogP contribution in [0.4, 0.5) is 8.78 Å². The zero-order valence-corrected chi connectivity index (χ0v) is 13.8. The number of aliphatic hydroxyl groups is 1. The Morgan fingerprint density at radius 1 is 1.39 bits per heavy atom. The fourth-order valence-electron chi connectivity index (χ4n) is 2.01. The first-order valence-electron chi connectivity index (χ1n) is 6.74. The van der Waals surface area contributed by atoms with E-state index in [0.717, 1.165) is 5.56 Å². The molecule has 2 aromatic rings. The van der Waals surface area contributed by atoms with Gasteiger partial charge in [-0.25, -0.2) is 0 Å². The first-order valence-corrected chi connectivity index (χ1v) is 7.54. The third-order valence-corrected chi connectivity index (χ3v) is 3.62. The smallest absolute Gasteiger partial charge is 0.387 e. The van der Waals surface area contributed by atoms with Crippen LogP contribution in [-0.4, -0.2) is 25.4 Å². The van der Waals surface area contributed by atoms with Crippen molar-refractivity contribution in [2.45, 2.75) is 19.3 Å². The van der Waals surface area contributed by atoms with Gasteiger partial charge in [0.05, 0.1) is 17.8 Å². The van der Waals surface area contributed by atoms with Crippen LogP contribution in [-0.2, 0) is 6.54 Å². The summed E-state index contributed by atoms with van der Waals surface area (Å²) in [6.45, 7) is -2.25. The lowest BCUT2D eigenvalue weighted by atomic mass is 10.2. The Labute approximate surface area is 140 Å². The van der Waals surface area contributed by atoms with E-state index in [1.807, 2.05) is 0 Å². The van der Waals surface area contributed by atoms with E-state index in [2.05, 4.69) is 26.0 Å². The average molecular weight is 392 g/mol. The standard InChI is InChI=1S/C15H16BrF2NO4/c1-21-13-6-9(5-10(16)14(13)23-15(17)18)7-19-8-11(20)12-3-2-4-22-12/h2-6,11,15,19-20H,7-8H2,1H3. The number of hydrogen-bond acceptors (Lipinski definition) is 5. The predicted molar refractivity (Wildman–Crippen MR) is 82.7 cm³/mol. The summed E-state index contributed by atoms with van der Waals surface area (Å²) >= 11 is 3.19. The van der Waals surface area contributed by atoms with Gasteiger partial charge in [0.15, 0.2) is 11.5 Å². The number of halogens is 3. The number of methoxy groups -OCH3 is 1. The van der Waals surface area contributed by atoms with Gasteiger partial charge in [-0.05, 0) is 45.8 Å². The Morgan fingerprint density at radius 2 is 2.17 bits per heavy atom. The Morgan fingerprint density at radius 3 is 2.78 bits per heavy atom. The highest BCUT2D eigenvalue weighted by atomic mass is 79.9. The first-order chi connectivity index (χ1) is 11.0. The van der Waals surface area contributed by atoms with Gasteiger partial charge in [-0.2, -0.15) is 8.78 Å². The van der Waals surface area contributed by atoms with Gasteiger partial charge < -0.3 is 24.3 Å². The molecule has 23 heavy (non-hydrogen) atoms. The van der Waals surface area contributed by atoms with Crippen molar-refractivity contribution in [3.05, 3.63) is 46.3 Å². The van der Waals surface area contributed by atoms with Crippen molar-refractivity contribution in [1.82, 2.24) is 5.32 Å². The first kappa shape index (κ1) is 17.7. The van der Waals surface area contributed by atoms with Crippen LogP contribution in [0.2, 0.25) is 0 Å². The Kier molecular flexibility index (Phi) is 6.37. The molecule has 0 amide bonds. The van der Waals surface area contributed by atoms with Gasteiger partial charge in [0, 0.05) is 13.1 Å². The van der Waals surface area contributed by atoms with Crippen LogP contribution >= 0.6 is 15.9 Å². The number of nitrogens with one attached hydrogen (secondary N) is 1. The highest BCUT2D eigenvalue weighted by molar-refractivity contribution is 9.10.